The van der Waals surface area contributed by atoms with Gasteiger partial charge in [-0.1, -0.05) is 19.0 Å². The molecule has 0 saturated carbocycles. The monoisotopic (exact) mass is 258 g/mol. The molecule has 1 rings (SSSR count). The third-order valence-corrected chi connectivity index (χ3v) is 2.34. The average Bonchev–Trinajstić information content (AvgIpc) is 2.31. The first kappa shape index (κ1) is 14.2. The van der Waals surface area contributed by atoms with Crippen LogP contribution in [-0.2, 0) is 0 Å². The maximum Gasteiger partial charge on any atom is 0.190 e. The quantitative estimate of drug-likeness (QED) is 0.369. The lowest BCUT2D eigenvalue weighted by Crippen LogP contribution is -2.14. The van der Waals surface area contributed by atoms with Crippen molar-refractivity contribution in [3.8, 4) is 5.75 Å². The molecule has 1 aromatic carbocycles. The third kappa shape index (κ3) is 3.58. The summed E-state index contributed by atoms with van der Waals surface area (Å²) in [6, 6.07) is 1.92. The molecular weight excluding hydrogens is 242 g/mol. The molecule has 0 aliphatic heterocycles. The lowest BCUT2D eigenvalue weighted by Gasteiger charge is -2.10. The summed E-state index contributed by atoms with van der Waals surface area (Å²) in [7, 11) is 0. The second-order valence-electron chi connectivity index (χ2n) is 4.29. The van der Waals surface area contributed by atoms with Gasteiger partial charge in [0.25, 0.3) is 0 Å². The minimum atomic E-state index is -0.875. The molecule has 0 bridgehead atoms. The zero-order valence-electron chi connectivity index (χ0n) is 10.3. The Balaban J connectivity index is 2.88. The highest BCUT2D eigenvalue weighted by molar-refractivity contribution is 5.97. The van der Waals surface area contributed by atoms with Crippen molar-refractivity contribution in [3.63, 3.8) is 0 Å². The fourth-order valence-electron chi connectivity index (χ4n) is 1.30. The minimum Gasteiger partial charge on any atom is -0.488 e. The summed E-state index contributed by atoms with van der Waals surface area (Å²) < 4.78 is 32.2. The SMILES string of the molecule is CC(C)CCOc1c(F)cc(C(N)=NO)cc1F. The lowest BCUT2D eigenvalue weighted by molar-refractivity contribution is 0.263. The summed E-state index contributed by atoms with van der Waals surface area (Å²) in [5.74, 6) is -2.17. The molecular formula is C12H16F2N2O2. The fraction of sp³-hybridized carbons (Fsp3) is 0.417. The maximum atomic E-state index is 13.6. The number of oxime groups is 1. The van der Waals surface area contributed by atoms with Crippen molar-refractivity contribution in [1.29, 1.82) is 0 Å². The molecule has 0 atom stereocenters. The molecule has 1 aromatic rings. The summed E-state index contributed by atoms with van der Waals surface area (Å²) in [5.41, 5.74) is 5.21. The molecule has 0 fully saturated rings. The summed E-state index contributed by atoms with van der Waals surface area (Å²) >= 11 is 0. The Kier molecular flexibility index (Phi) is 4.88. The molecule has 18 heavy (non-hydrogen) atoms. The van der Waals surface area contributed by atoms with Gasteiger partial charge in [0.05, 0.1) is 6.61 Å². The minimum absolute atomic E-state index is 0.0382. The second-order valence-corrected chi connectivity index (χ2v) is 4.29. The van der Waals surface area contributed by atoms with E-state index in [1.165, 1.54) is 0 Å². The number of hydrogen-bond acceptors (Lipinski definition) is 3. The van der Waals surface area contributed by atoms with Crippen LogP contribution in [0.4, 0.5) is 8.78 Å². The van der Waals surface area contributed by atoms with Crippen molar-refractivity contribution in [3.05, 3.63) is 29.3 Å². The van der Waals surface area contributed by atoms with Gasteiger partial charge in [-0.05, 0) is 24.5 Å². The largest absolute Gasteiger partial charge is 0.488 e. The van der Waals surface area contributed by atoms with Gasteiger partial charge < -0.3 is 15.7 Å². The van der Waals surface area contributed by atoms with Crippen molar-refractivity contribution >= 4 is 5.84 Å². The smallest absolute Gasteiger partial charge is 0.190 e. The Bertz CT molecular complexity index is 425. The van der Waals surface area contributed by atoms with E-state index in [4.69, 9.17) is 15.7 Å². The van der Waals surface area contributed by atoms with Gasteiger partial charge in [0.2, 0.25) is 0 Å². The van der Waals surface area contributed by atoms with Gasteiger partial charge in [0.15, 0.2) is 23.2 Å². The van der Waals surface area contributed by atoms with E-state index in [1.54, 1.807) is 0 Å². The van der Waals surface area contributed by atoms with Crippen LogP contribution in [0.2, 0.25) is 0 Å². The molecule has 0 amide bonds. The van der Waals surface area contributed by atoms with E-state index in [9.17, 15) is 8.78 Å². The molecule has 0 aromatic heterocycles. The normalized spacial score (nSPS) is 11.9. The van der Waals surface area contributed by atoms with Crippen LogP contribution in [0.25, 0.3) is 0 Å². The van der Waals surface area contributed by atoms with Gasteiger partial charge in [0.1, 0.15) is 0 Å². The standard InChI is InChI=1S/C12H16F2N2O2/c1-7(2)3-4-18-11-9(13)5-8(6-10(11)14)12(15)16-17/h5-7,17H,3-4H2,1-2H3,(H2,15,16). The number of hydrogen-bond donors (Lipinski definition) is 2. The highest BCUT2D eigenvalue weighted by Crippen LogP contribution is 2.23. The molecule has 4 nitrogen and oxygen atoms in total. The number of benzene rings is 1. The van der Waals surface area contributed by atoms with Crippen molar-refractivity contribution in [1.82, 2.24) is 0 Å². The van der Waals surface area contributed by atoms with E-state index in [2.05, 4.69) is 5.16 Å². The Morgan fingerprint density at radius 2 is 1.94 bits per heavy atom. The van der Waals surface area contributed by atoms with Crippen LogP contribution >= 0.6 is 0 Å². The van der Waals surface area contributed by atoms with E-state index in [1.807, 2.05) is 13.8 Å². The first-order valence-corrected chi connectivity index (χ1v) is 5.55. The van der Waals surface area contributed by atoms with Gasteiger partial charge in [-0.15, -0.1) is 0 Å². The first-order valence-electron chi connectivity index (χ1n) is 5.55. The fourth-order valence-corrected chi connectivity index (χ4v) is 1.30. The topological polar surface area (TPSA) is 67.8 Å². The molecule has 0 unspecified atom stereocenters. The van der Waals surface area contributed by atoms with E-state index in [0.29, 0.717) is 12.3 Å². The van der Waals surface area contributed by atoms with Gasteiger partial charge in [-0.3, -0.25) is 0 Å². The number of amidine groups is 1. The van der Waals surface area contributed by atoms with E-state index in [-0.39, 0.29) is 18.0 Å². The average molecular weight is 258 g/mol. The van der Waals surface area contributed by atoms with Crippen LogP contribution in [-0.4, -0.2) is 17.6 Å². The first-order chi connectivity index (χ1) is 8.45. The van der Waals surface area contributed by atoms with Crippen LogP contribution in [0.5, 0.6) is 5.75 Å². The summed E-state index contributed by atoms with van der Waals surface area (Å²) in [5, 5.41) is 11.1. The van der Waals surface area contributed by atoms with Gasteiger partial charge in [-0.25, -0.2) is 8.78 Å². The predicted molar refractivity (Wildman–Crippen MR) is 63.8 cm³/mol. The van der Waals surface area contributed by atoms with Crippen LogP contribution < -0.4 is 10.5 Å². The maximum absolute atomic E-state index is 13.6. The number of ether oxygens (including phenoxy) is 1. The summed E-state index contributed by atoms with van der Waals surface area (Å²) in [6.07, 6.45) is 0.695. The van der Waals surface area contributed by atoms with Crippen molar-refractivity contribution in [2.45, 2.75) is 20.3 Å². The number of nitrogens with zero attached hydrogens (tertiary/aromatic N) is 1. The lowest BCUT2D eigenvalue weighted by atomic mass is 10.1. The molecule has 100 valence electrons. The zero-order chi connectivity index (χ0) is 13.7. The Labute approximate surface area is 104 Å². The molecule has 0 aliphatic carbocycles. The molecule has 0 radical (unpaired) electrons. The number of rotatable bonds is 5. The second kappa shape index (κ2) is 6.18. The van der Waals surface area contributed by atoms with Gasteiger partial charge in [0, 0.05) is 5.56 Å². The number of halogens is 2. The Morgan fingerprint density at radius 3 is 2.39 bits per heavy atom. The Hall–Kier alpha value is -1.85. The zero-order valence-corrected chi connectivity index (χ0v) is 10.3. The van der Waals surface area contributed by atoms with Gasteiger partial charge in [-0.2, -0.15) is 0 Å². The van der Waals surface area contributed by atoms with E-state index >= 15 is 0 Å². The molecule has 6 heteroatoms. The molecule has 3 N–H and O–H groups in total. The molecule has 0 saturated heterocycles. The Morgan fingerprint density at radius 1 is 1.39 bits per heavy atom. The van der Waals surface area contributed by atoms with Gasteiger partial charge >= 0.3 is 0 Å². The van der Waals surface area contributed by atoms with Crippen LogP contribution in [0.15, 0.2) is 17.3 Å². The van der Waals surface area contributed by atoms with Crippen molar-refractivity contribution < 1.29 is 18.7 Å². The summed E-state index contributed by atoms with van der Waals surface area (Å²) in [6.45, 7) is 4.20. The van der Waals surface area contributed by atoms with E-state index < -0.39 is 17.4 Å². The third-order valence-electron chi connectivity index (χ3n) is 2.34. The molecule has 0 aliphatic rings. The van der Waals surface area contributed by atoms with Crippen LogP contribution in [0, 0.1) is 17.6 Å². The van der Waals surface area contributed by atoms with Crippen molar-refractivity contribution in [2.24, 2.45) is 16.8 Å². The van der Waals surface area contributed by atoms with Crippen molar-refractivity contribution in [2.75, 3.05) is 6.61 Å². The van der Waals surface area contributed by atoms with E-state index in [0.717, 1.165) is 12.1 Å². The van der Waals surface area contributed by atoms with Crippen LogP contribution in [0.1, 0.15) is 25.8 Å². The highest BCUT2D eigenvalue weighted by atomic mass is 19.1. The molecule has 0 spiro atoms. The number of nitrogens with two attached hydrogens (primary N) is 1. The predicted octanol–water partition coefficient (Wildman–Crippen LogP) is 2.48. The molecule has 0 heterocycles. The highest BCUT2D eigenvalue weighted by Gasteiger charge is 2.14. The summed E-state index contributed by atoms with van der Waals surface area (Å²) in [4.78, 5) is 0. The van der Waals surface area contributed by atoms with Crippen LogP contribution in [0.3, 0.4) is 0 Å².